The van der Waals surface area contributed by atoms with Gasteiger partial charge in [0.25, 0.3) is 5.91 Å². The molecule has 0 radical (unpaired) electrons. The quantitative estimate of drug-likeness (QED) is 0.415. The molecule has 1 aliphatic heterocycles. The second-order valence-electron chi connectivity index (χ2n) is 12.9. The first-order valence-corrected chi connectivity index (χ1v) is 14.7. The number of ether oxygens (including phenoxy) is 2. The molecule has 2 unspecified atom stereocenters. The van der Waals surface area contributed by atoms with E-state index in [4.69, 9.17) is 9.47 Å². The van der Waals surface area contributed by atoms with Crippen molar-refractivity contribution in [2.75, 3.05) is 12.4 Å². The van der Waals surface area contributed by atoms with Gasteiger partial charge in [0.05, 0.1) is 13.7 Å². The van der Waals surface area contributed by atoms with Gasteiger partial charge in [0, 0.05) is 17.9 Å². The van der Waals surface area contributed by atoms with Crippen molar-refractivity contribution >= 4 is 29.6 Å². The fraction of sp³-hybridized carbons (Fsp3) is 0.581. The molecule has 0 saturated heterocycles. The van der Waals surface area contributed by atoms with Gasteiger partial charge >= 0.3 is 12.1 Å². The Morgan fingerprint density at radius 2 is 1.69 bits per heavy atom. The average Bonchev–Trinajstić information content (AvgIpc) is 3.85. The van der Waals surface area contributed by atoms with Crippen LogP contribution in [-0.2, 0) is 25.6 Å². The number of amides is 3. The number of carbonyl (C=O) groups excluding carboxylic acids is 4. The van der Waals surface area contributed by atoms with Gasteiger partial charge < -0.3 is 20.1 Å². The van der Waals surface area contributed by atoms with E-state index in [2.05, 4.69) is 15.7 Å². The predicted molar refractivity (Wildman–Crippen MR) is 154 cm³/mol. The molecular formula is C31H41N5O6. The van der Waals surface area contributed by atoms with E-state index in [1.165, 1.54) is 12.0 Å². The molecule has 0 spiro atoms. The van der Waals surface area contributed by atoms with Crippen LogP contribution in [-0.4, -0.2) is 57.3 Å². The molecule has 3 aliphatic rings. The highest BCUT2D eigenvalue weighted by atomic mass is 16.6. The van der Waals surface area contributed by atoms with Gasteiger partial charge in [-0.15, -0.1) is 0 Å². The second kappa shape index (κ2) is 11.4. The zero-order valence-corrected chi connectivity index (χ0v) is 25.2. The van der Waals surface area contributed by atoms with Gasteiger partial charge in [-0.3, -0.25) is 19.2 Å². The fourth-order valence-electron chi connectivity index (χ4n) is 5.96. The minimum Gasteiger partial charge on any atom is -0.467 e. The highest BCUT2D eigenvalue weighted by Crippen LogP contribution is 2.51. The lowest BCUT2D eigenvalue weighted by Crippen LogP contribution is -2.50. The van der Waals surface area contributed by atoms with E-state index >= 15 is 0 Å². The van der Waals surface area contributed by atoms with E-state index < -0.39 is 29.7 Å². The molecule has 2 aromatic rings. The largest absolute Gasteiger partial charge is 0.467 e. The third-order valence-electron chi connectivity index (χ3n) is 8.09. The van der Waals surface area contributed by atoms with Gasteiger partial charge in [0.15, 0.2) is 6.04 Å². The zero-order chi connectivity index (χ0) is 30.3. The van der Waals surface area contributed by atoms with Crippen LogP contribution in [0.3, 0.4) is 0 Å². The van der Waals surface area contributed by atoms with E-state index in [1.807, 2.05) is 13.8 Å². The average molecular weight is 580 g/mol. The maximum absolute atomic E-state index is 13.9. The van der Waals surface area contributed by atoms with Crippen LogP contribution in [0, 0.1) is 17.8 Å². The number of rotatable bonds is 9. The standard InChI is InChI=1S/C31H41N5O6/c1-17(2)36-23(13-14-32-36)27(37)34-25(24(18-7-8-18)19-9-10-19)28(38)33-21-11-12-22-20(15-21)16-35(26(22)29(39)41-6)30(40)42-31(3,4)5/h11-15,17-19,24-26H,7-10,16H2,1-6H3,(H,33,38)(H,34,37). The van der Waals surface area contributed by atoms with Gasteiger partial charge in [0.2, 0.25) is 5.91 Å². The summed E-state index contributed by atoms with van der Waals surface area (Å²) in [6.07, 6.45) is 5.19. The number of methoxy groups -OCH3 is 1. The van der Waals surface area contributed by atoms with Crippen LogP contribution in [0.2, 0.25) is 0 Å². The number of benzene rings is 1. The first-order chi connectivity index (χ1) is 19.9. The van der Waals surface area contributed by atoms with Gasteiger partial charge in [-0.2, -0.15) is 5.10 Å². The Morgan fingerprint density at radius 1 is 1.02 bits per heavy atom. The fourth-order valence-corrected chi connectivity index (χ4v) is 5.96. The lowest BCUT2D eigenvalue weighted by atomic mass is 9.88. The molecule has 2 fully saturated rings. The third-order valence-corrected chi connectivity index (χ3v) is 8.09. The van der Waals surface area contributed by atoms with Crippen LogP contribution in [0.5, 0.6) is 0 Å². The van der Waals surface area contributed by atoms with Gasteiger partial charge in [-0.1, -0.05) is 6.07 Å². The highest BCUT2D eigenvalue weighted by molar-refractivity contribution is 6.01. The van der Waals surface area contributed by atoms with Crippen LogP contribution in [0.1, 0.15) is 94.0 Å². The number of esters is 1. The van der Waals surface area contributed by atoms with Crippen LogP contribution in [0.15, 0.2) is 30.5 Å². The number of fused-ring (bicyclic) bond motifs is 1. The number of aromatic nitrogens is 2. The number of nitrogens with zero attached hydrogens (tertiary/aromatic N) is 3. The number of anilines is 1. The molecule has 5 rings (SSSR count). The van der Waals surface area contributed by atoms with Crippen LogP contribution >= 0.6 is 0 Å². The molecule has 2 atom stereocenters. The van der Waals surface area contributed by atoms with Crippen LogP contribution < -0.4 is 10.6 Å². The minimum absolute atomic E-state index is 0.00355. The molecule has 226 valence electrons. The van der Waals surface area contributed by atoms with Crippen LogP contribution in [0.25, 0.3) is 0 Å². The summed E-state index contributed by atoms with van der Waals surface area (Å²) >= 11 is 0. The van der Waals surface area contributed by atoms with E-state index in [-0.39, 0.29) is 30.3 Å². The van der Waals surface area contributed by atoms with E-state index in [0.717, 1.165) is 25.7 Å². The SMILES string of the molecule is COC(=O)C1c2ccc(NC(=O)C(NC(=O)c3ccnn3C(C)C)C(C3CC3)C3CC3)cc2CN1C(=O)OC(C)(C)C. The minimum atomic E-state index is -0.948. The first-order valence-electron chi connectivity index (χ1n) is 14.7. The van der Waals surface area contributed by atoms with Crippen molar-refractivity contribution in [2.24, 2.45) is 17.8 Å². The Morgan fingerprint density at radius 3 is 2.26 bits per heavy atom. The van der Waals surface area contributed by atoms with Gasteiger partial charge in [0.1, 0.15) is 17.3 Å². The van der Waals surface area contributed by atoms with Crippen LogP contribution in [0.4, 0.5) is 10.5 Å². The monoisotopic (exact) mass is 579 g/mol. The topological polar surface area (TPSA) is 132 Å². The van der Waals surface area contributed by atoms with Gasteiger partial charge in [-0.25, -0.2) is 9.59 Å². The molecule has 1 aromatic carbocycles. The molecule has 11 heteroatoms. The summed E-state index contributed by atoms with van der Waals surface area (Å²) in [7, 11) is 1.28. The van der Waals surface area contributed by atoms with Crippen molar-refractivity contribution in [3.8, 4) is 0 Å². The van der Waals surface area contributed by atoms with Crippen molar-refractivity contribution in [2.45, 2.75) is 90.6 Å². The Kier molecular flexibility index (Phi) is 8.04. The molecule has 2 heterocycles. The van der Waals surface area contributed by atoms with Crippen molar-refractivity contribution < 1.29 is 28.7 Å². The van der Waals surface area contributed by atoms with Gasteiger partial charge in [-0.05, 0) is 107 Å². The Bertz CT molecular complexity index is 1360. The maximum atomic E-state index is 13.9. The Balaban J connectivity index is 1.38. The normalized spacial score (nSPS) is 19.0. The van der Waals surface area contributed by atoms with Crippen molar-refractivity contribution in [3.63, 3.8) is 0 Å². The smallest absolute Gasteiger partial charge is 0.411 e. The second-order valence-corrected chi connectivity index (χ2v) is 12.9. The third kappa shape index (κ3) is 6.29. The molecule has 1 aromatic heterocycles. The Hall–Kier alpha value is -3.89. The lowest BCUT2D eigenvalue weighted by molar-refractivity contribution is -0.146. The summed E-state index contributed by atoms with van der Waals surface area (Å²) in [5.74, 6) is -0.301. The molecular weight excluding hydrogens is 538 g/mol. The van der Waals surface area contributed by atoms with Crippen molar-refractivity contribution in [1.82, 2.24) is 20.0 Å². The summed E-state index contributed by atoms with van der Waals surface area (Å²) in [5.41, 5.74) is 1.52. The molecule has 42 heavy (non-hydrogen) atoms. The molecule has 0 bridgehead atoms. The molecule has 2 aliphatic carbocycles. The summed E-state index contributed by atoms with van der Waals surface area (Å²) in [6, 6.07) is 5.22. The molecule has 2 saturated carbocycles. The molecule has 3 amide bonds. The van der Waals surface area contributed by atoms with Crippen molar-refractivity contribution in [1.29, 1.82) is 0 Å². The summed E-state index contributed by atoms with van der Waals surface area (Å²) in [4.78, 5) is 54.3. The number of hydrogen-bond acceptors (Lipinski definition) is 7. The predicted octanol–water partition coefficient (Wildman–Crippen LogP) is 4.60. The van der Waals surface area contributed by atoms with Crippen molar-refractivity contribution in [3.05, 3.63) is 47.3 Å². The number of carbonyl (C=O) groups is 4. The molecule has 2 N–H and O–H groups in total. The lowest BCUT2D eigenvalue weighted by Gasteiger charge is -2.28. The van der Waals surface area contributed by atoms with E-state index in [0.29, 0.717) is 34.3 Å². The summed E-state index contributed by atoms with van der Waals surface area (Å²) in [6.45, 7) is 9.31. The summed E-state index contributed by atoms with van der Waals surface area (Å²) in [5, 5.41) is 10.4. The first kappa shape index (κ1) is 29.6. The summed E-state index contributed by atoms with van der Waals surface area (Å²) < 4.78 is 12.2. The number of nitrogens with one attached hydrogen (secondary N) is 2. The van der Waals surface area contributed by atoms with E-state index in [1.54, 1.807) is 55.9 Å². The highest BCUT2D eigenvalue weighted by Gasteiger charge is 2.48. The molecule has 11 nitrogen and oxygen atoms in total. The maximum Gasteiger partial charge on any atom is 0.411 e. The Labute approximate surface area is 246 Å². The zero-order valence-electron chi connectivity index (χ0n) is 25.2. The number of hydrogen-bond donors (Lipinski definition) is 2. The van der Waals surface area contributed by atoms with E-state index in [9.17, 15) is 19.2 Å².